The van der Waals surface area contributed by atoms with Crippen molar-refractivity contribution in [3.05, 3.63) is 96.1 Å². The largest absolute Gasteiger partial charge is 0.285 e. The van der Waals surface area contributed by atoms with Gasteiger partial charge in [0.05, 0.1) is 17.1 Å². The van der Waals surface area contributed by atoms with E-state index in [2.05, 4.69) is 10.6 Å². The molecule has 2 aliphatic rings. The first-order valence-electron chi connectivity index (χ1n) is 9.88. The van der Waals surface area contributed by atoms with Crippen molar-refractivity contribution in [3.8, 4) is 0 Å². The zero-order valence-electron chi connectivity index (χ0n) is 16.2. The Labute approximate surface area is 174 Å². The molecule has 2 amide bonds. The van der Waals surface area contributed by atoms with Gasteiger partial charge < -0.3 is 0 Å². The van der Waals surface area contributed by atoms with Crippen LogP contribution in [0.5, 0.6) is 0 Å². The number of aliphatic imine (C=N–C) groups is 1. The third-order valence-corrected chi connectivity index (χ3v) is 5.41. The van der Waals surface area contributed by atoms with Crippen LogP contribution in [-0.4, -0.2) is 36.3 Å². The molecule has 6 nitrogen and oxygen atoms in total. The summed E-state index contributed by atoms with van der Waals surface area (Å²) < 4.78 is 0. The zero-order chi connectivity index (χ0) is 20.6. The van der Waals surface area contributed by atoms with Gasteiger partial charge in [-0.25, -0.2) is 9.89 Å². The Balaban J connectivity index is 1.74. The van der Waals surface area contributed by atoms with E-state index in [0.29, 0.717) is 35.7 Å². The zero-order valence-corrected chi connectivity index (χ0v) is 16.2. The van der Waals surface area contributed by atoms with Crippen LogP contribution in [0.25, 0.3) is 0 Å². The van der Waals surface area contributed by atoms with Crippen molar-refractivity contribution in [1.82, 2.24) is 10.6 Å². The highest BCUT2D eigenvalue weighted by Crippen LogP contribution is 2.36. The van der Waals surface area contributed by atoms with Crippen molar-refractivity contribution >= 4 is 28.9 Å². The predicted octanol–water partition coefficient (Wildman–Crippen LogP) is 2.88. The van der Waals surface area contributed by atoms with Crippen LogP contribution >= 0.6 is 0 Å². The van der Waals surface area contributed by atoms with Crippen LogP contribution in [0.3, 0.4) is 0 Å². The summed E-state index contributed by atoms with van der Waals surface area (Å²) in [7, 11) is 0. The summed E-state index contributed by atoms with van der Waals surface area (Å²) in [5.74, 6) is -0.770. The number of benzene rings is 3. The molecule has 0 aliphatic carbocycles. The van der Waals surface area contributed by atoms with Gasteiger partial charge in [0.2, 0.25) is 0 Å². The third kappa shape index (κ3) is 2.85. The molecule has 0 unspecified atom stereocenters. The van der Waals surface area contributed by atoms with Gasteiger partial charge in [0.1, 0.15) is 0 Å². The molecule has 3 aromatic carbocycles. The maximum absolute atomic E-state index is 14.0. The molecule has 1 fully saturated rings. The average molecular weight is 396 g/mol. The van der Waals surface area contributed by atoms with Crippen molar-refractivity contribution in [2.24, 2.45) is 4.99 Å². The van der Waals surface area contributed by atoms with Crippen molar-refractivity contribution in [1.29, 1.82) is 0 Å². The molecule has 30 heavy (non-hydrogen) atoms. The monoisotopic (exact) mass is 396 g/mol. The molecule has 0 saturated carbocycles. The molecule has 3 aromatic rings. The maximum Gasteiger partial charge on any atom is 0.275 e. The number of carbonyl (C=O) groups excluding carboxylic acids is 2. The van der Waals surface area contributed by atoms with Crippen LogP contribution < -0.4 is 15.5 Å². The normalized spacial score (nSPS) is 17.4. The minimum atomic E-state index is -1.29. The molecule has 0 radical (unpaired) electrons. The highest BCUT2D eigenvalue weighted by atomic mass is 16.2. The van der Waals surface area contributed by atoms with Crippen molar-refractivity contribution in [2.45, 2.75) is 5.66 Å². The second kappa shape index (κ2) is 7.33. The molecule has 5 rings (SSSR count). The topological polar surface area (TPSA) is 73.8 Å². The number of amides is 2. The van der Waals surface area contributed by atoms with Gasteiger partial charge in [-0.2, -0.15) is 0 Å². The molecule has 1 saturated heterocycles. The lowest BCUT2D eigenvalue weighted by molar-refractivity contribution is -0.122. The molecule has 2 heterocycles. The molecule has 0 bridgehead atoms. The Hall–Kier alpha value is -3.61. The summed E-state index contributed by atoms with van der Waals surface area (Å²) in [6, 6.07) is 25.7. The molecule has 148 valence electrons. The van der Waals surface area contributed by atoms with Gasteiger partial charge >= 0.3 is 0 Å². The van der Waals surface area contributed by atoms with E-state index in [1.807, 2.05) is 54.6 Å². The Kier molecular flexibility index (Phi) is 4.50. The average Bonchev–Trinajstić information content (AvgIpc) is 3.27. The van der Waals surface area contributed by atoms with Crippen LogP contribution in [0.15, 0.2) is 89.9 Å². The Morgan fingerprint density at radius 2 is 1.43 bits per heavy atom. The number of hydrogen-bond donors (Lipinski definition) is 2. The van der Waals surface area contributed by atoms with E-state index in [4.69, 9.17) is 4.99 Å². The fraction of sp³-hybridized carbons (Fsp3) is 0.125. The molecular formula is C24H20N4O2. The molecule has 1 spiro atoms. The van der Waals surface area contributed by atoms with Crippen LogP contribution in [0.4, 0.5) is 11.4 Å². The van der Waals surface area contributed by atoms with E-state index in [9.17, 15) is 9.59 Å². The fourth-order valence-corrected chi connectivity index (χ4v) is 4.00. The number of hydrogen-bond acceptors (Lipinski definition) is 5. The first kappa shape index (κ1) is 18.4. The van der Waals surface area contributed by atoms with Crippen molar-refractivity contribution < 1.29 is 9.59 Å². The predicted molar refractivity (Wildman–Crippen MR) is 116 cm³/mol. The maximum atomic E-state index is 14.0. The van der Waals surface area contributed by atoms with E-state index in [-0.39, 0.29) is 11.8 Å². The van der Waals surface area contributed by atoms with Crippen LogP contribution in [0.1, 0.15) is 15.9 Å². The molecule has 6 heteroatoms. The number of carbonyl (C=O) groups is 2. The highest BCUT2D eigenvalue weighted by molar-refractivity contribution is 6.34. The van der Waals surface area contributed by atoms with Crippen LogP contribution in [0, 0.1) is 0 Å². The van der Waals surface area contributed by atoms with E-state index in [1.165, 1.54) is 4.90 Å². The quantitative estimate of drug-likeness (QED) is 0.654. The standard InChI is InChI=1S/C24H20N4O2/c29-22(18-11-5-2-6-12-18)28-20-14-8-7-13-19(20)27-21(17-9-3-1-4-10-17)24(23(28)30)25-15-16-26-24/h1-14,25-26H,15-16H2. The Bertz CT molecular complexity index is 1140. The second-order valence-electron chi connectivity index (χ2n) is 7.23. The number of rotatable bonds is 2. The first-order valence-corrected chi connectivity index (χ1v) is 9.88. The summed E-state index contributed by atoms with van der Waals surface area (Å²) in [6.45, 7) is 1.17. The molecule has 2 N–H and O–H groups in total. The summed E-state index contributed by atoms with van der Waals surface area (Å²) in [6.07, 6.45) is 0. The van der Waals surface area contributed by atoms with Gasteiger partial charge in [-0.3, -0.25) is 20.2 Å². The smallest absolute Gasteiger partial charge is 0.275 e. The molecule has 2 aliphatic heterocycles. The highest BCUT2D eigenvalue weighted by Gasteiger charge is 2.52. The number of fused-ring (bicyclic) bond motifs is 1. The van der Waals surface area contributed by atoms with Gasteiger partial charge in [0.25, 0.3) is 11.8 Å². The summed E-state index contributed by atoms with van der Waals surface area (Å²) in [5.41, 5.74) is 1.57. The van der Waals surface area contributed by atoms with Gasteiger partial charge in [0, 0.05) is 18.7 Å². The number of anilines is 1. The van der Waals surface area contributed by atoms with E-state index >= 15 is 0 Å². The van der Waals surface area contributed by atoms with Crippen LogP contribution in [0.2, 0.25) is 0 Å². The summed E-state index contributed by atoms with van der Waals surface area (Å²) >= 11 is 0. The molecule has 0 atom stereocenters. The van der Waals surface area contributed by atoms with E-state index < -0.39 is 5.66 Å². The Morgan fingerprint density at radius 3 is 2.13 bits per heavy atom. The number of nitrogens with zero attached hydrogens (tertiary/aromatic N) is 2. The van der Waals surface area contributed by atoms with Crippen LogP contribution in [-0.2, 0) is 4.79 Å². The first-order chi connectivity index (χ1) is 14.7. The van der Waals surface area contributed by atoms with Gasteiger partial charge in [-0.05, 0) is 29.8 Å². The number of nitrogens with one attached hydrogen (secondary N) is 2. The third-order valence-electron chi connectivity index (χ3n) is 5.41. The van der Waals surface area contributed by atoms with Gasteiger partial charge in [-0.1, -0.05) is 60.7 Å². The van der Waals surface area contributed by atoms with E-state index in [0.717, 1.165) is 5.56 Å². The van der Waals surface area contributed by atoms with E-state index in [1.54, 1.807) is 30.3 Å². The minimum Gasteiger partial charge on any atom is -0.285 e. The van der Waals surface area contributed by atoms with Crippen molar-refractivity contribution in [2.75, 3.05) is 18.0 Å². The van der Waals surface area contributed by atoms with Gasteiger partial charge in [-0.15, -0.1) is 0 Å². The molecular weight excluding hydrogens is 376 g/mol. The lowest BCUT2D eigenvalue weighted by Crippen LogP contribution is -2.67. The number of imide groups is 1. The fourth-order valence-electron chi connectivity index (χ4n) is 4.00. The SMILES string of the molecule is O=C(c1ccccc1)N1C(=O)C2(NCCN2)C(c2ccccc2)=Nc2ccccc21. The Morgan fingerprint density at radius 1 is 0.833 bits per heavy atom. The lowest BCUT2D eigenvalue weighted by Gasteiger charge is -2.32. The summed E-state index contributed by atoms with van der Waals surface area (Å²) in [4.78, 5) is 33.7. The number of para-hydroxylation sites is 2. The minimum absolute atomic E-state index is 0.382. The lowest BCUT2D eigenvalue weighted by atomic mass is 9.95. The molecule has 0 aromatic heterocycles. The second-order valence-corrected chi connectivity index (χ2v) is 7.23. The van der Waals surface area contributed by atoms with Gasteiger partial charge in [0.15, 0.2) is 5.66 Å². The van der Waals surface area contributed by atoms with Crippen molar-refractivity contribution in [3.63, 3.8) is 0 Å². The summed E-state index contributed by atoms with van der Waals surface area (Å²) in [5, 5.41) is 6.59.